The van der Waals surface area contributed by atoms with Crippen LogP contribution < -0.4 is 4.74 Å². The number of amides is 1. The van der Waals surface area contributed by atoms with Gasteiger partial charge in [0.25, 0.3) is 5.91 Å². The highest BCUT2D eigenvalue weighted by Crippen LogP contribution is 2.23. The molecule has 1 fully saturated rings. The number of nitrogens with zero attached hydrogens (tertiary/aromatic N) is 1. The molecule has 1 aliphatic carbocycles. The van der Waals surface area contributed by atoms with Crippen molar-refractivity contribution in [3.63, 3.8) is 0 Å². The van der Waals surface area contributed by atoms with Gasteiger partial charge in [0.05, 0.1) is 0 Å². The summed E-state index contributed by atoms with van der Waals surface area (Å²) in [6, 6.07) is 7.45. The molecule has 0 radical (unpaired) electrons. The van der Waals surface area contributed by atoms with Crippen LogP contribution in [0, 0.1) is 0 Å². The van der Waals surface area contributed by atoms with Crippen molar-refractivity contribution in [3.8, 4) is 5.75 Å². The molecule has 0 spiro atoms. The summed E-state index contributed by atoms with van der Waals surface area (Å²) in [6.07, 6.45) is 4.18. The summed E-state index contributed by atoms with van der Waals surface area (Å²) in [5, 5.41) is 0.661. The molecule has 0 unspecified atom stereocenters. The molecule has 1 aromatic rings. The summed E-state index contributed by atoms with van der Waals surface area (Å²) in [7, 11) is 1.88. The monoisotopic (exact) mass is 281 g/mol. The summed E-state index contributed by atoms with van der Waals surface area (Å²) >= 11 is 5.82. The molecule has 0 N–H and O–H groups in total. The molecule has 1 aromatic carbocycles. The van der Waals surface area contributed by atoms with Crippen molar-refractivity contribution < 1.29 is 9.53 Å². The van der Waals surface area contributed by atoms with Crippen LogP contribution in [-0.2, 0) is 4.79 Å². The van der Waals surface area contributed by atoms with E-state index < -0.39 is 6.10 Å². The van der Waals surface area contributed by atoms with Crippen molar-refractivity contribution in [2.24, 2.45) is 0 Å². The summed E-state index contributed by atoms with van der Waals surface area (Å²) < 4.78 is 5.66. The first-order valence-corrected chi connectivity index (χ1v) is 7.14. The van der Waals surface area contributed by atoms with Crippen LogP contribution in [-0.4, -0.2) is 30.0 Å². The highest BCUT2D eigenvalue weighted by molar-refractivity contribution is 6.30. The molecule has 0 bridgehead atoms. The standard InChI is InChI=1S/C15H20ClNO2/c1-11(19-14-9-7-12(16)8-10-14)15(18)17(2)13-5-3-4-6-13/h7-11,13H,3-6H2,1-2H3/t11-/m1/s1. The van der Waals surface area contributed by atoms with Crippen molar-refractivity contribution in [2.75, 3.05) is 7.05 Å². The summed E-state index contributed by atoms with van der Waals surface area (Å²) in [5.41, 5.74) is 0. The first-order chi connectivity index (χ1) is 9.08. The lowest BCUT2D eigenvalue weighted by molar-refractivity contribution is -0.138. The number of hydrogen-bond donors (Lipinski definition) is 0. The molecular formula is C15H20ClNO2. The first-order valence-electron chi connectivity index (χ1n) is 6.77. The lowest BCUT2D eigenvalue weighted by Gasteiger charge is -2.27. The molecule has 2 rings (SSSR count). The molecule has 1 saturated carbocycles. The van der Waals surface area contributed by atoms with E-state index in [9.17, 15) is 4.79 Å². The number of rotatable bonds is 4. The zero-order valence-electron chi connectivity index (χ0n) is 11.4. The van der Waals surface area contributed by atoms with E-state index in [1.54, 1.807) is 31.2 Å². The van der Waals surface area contributed by atoms with Gasteiger partial charge in [-0.05, 0) is 44.0 Å². The van der Waals surface area contributed by atoms with E-state index in [1.165, 1.54) is 12.8 Å². The van der Waals surface area contributed by atoms with E-state index in [2.05, 4.69) is 0 Å². The van der Waals surface area contributed by atoms with Crippen LogP contribution >= 0.6 is 11.6 Å². The Morgan fingerprint density at radius 2 is 1.89 bits per heavy atom. The predicted octanol–water partition coefficient (Wildman–Crippen LogP) is 3.51. The van der Waals surface area contributed by atoms with E-state index >= 15 is 0 Å². The largest absolute Gasteiger partial charge is 0.481 e. The third-order valence-corrected chi connectivity index (χ3v) is 3.95. The topological polar surface area (TPSA) is 29.5 Å². The van der Waals surface area contributed by atoms with Crippen LogP contribution in [0.4, 0.5) is 0 Å². The van der Waals surface area contributed by atoms with Gasteiger partial charge in [0.1, 0.15) is 5.75 Å². The van der Waals surface area contributed by atoms with Crippen molar-refractivity contribution >= 4 is 17.5 Å². The van der Waals surface area contributed by atoms with E-state index in [-0.39, 0.29) is 5.91 Å². The fourth-order valence-electron chi connectivity index (χ4n) is 2.53. The Morgan fingerprint density at radius 3 is 2.47 bits per heavy atom. The quantitative estimate of drug-likeness (QED) is 0.845. The molecule has 0 aliphatic heterocycles. The normalized spacial score (nSPS) is 17.2. The molecule has 0 aromatic heterocycles. The second-order valence-corrected chi connectivity index (χ2v) is 5.54. The zero-order chi connectivity index (χ0) is 13.8. The maximum absolute atomic E-state index is 12.3. The summed E-state index contributed by atoms with van der Waals surface area (Å²) in [5.74, 6) is 0.715. The second-order valence-electron chi connectivity index (χ2n) is 5.10. The van der Waals surface area contributed by atoms with Gasteiger partial charge in [-0.2, -0.15) is 0 Å². The molecular weight excluding hydrogens is 262 g/mol. The minimum absolute atomic E-state index is 0.0434. The number of benzene rings is 1. The molecule has 0 heterocycles. The minimum Gasteiger partial charge on any atom is -0.481 e. The molecule has 19 heavy (non-hydrogen) atoms. The lowest BCUT2D eigenvalue weighted by atomic mass is 10.2. The second kappa shape index (κ2) is 6.29. The average Bonchev–Trinajstić information content (AvgIpc) is 2.93. The highest BCUT2D eigenvalue weighted by atomic mass is 35.5. The number of hydrogen-bond acceptors (Lipinski definition) is 2. The first kappa shape index (κ1) is 14.2. The van der Waals surface area contributed by atoms with Gasteiger partial charge in [-0.1, -0.05) is 24.4 Å². The molecule has 3 nitrogen and oxygen atoms in total. The summed E-state index contributed by atoms with van der Waals surface area (Å²) in [6.45, 7) is 1.79. The van der Waals surface area contributed by atoms with Gasteiger partial charge >= 0.3 is 0 Å². The molecule has 1 atom stereocenters. The van der Waals surface area contributed by atoms with Crippen LogP contribution in [0.1, 0.15) is 32.6 Å². The minimum atomic E-state index is -0.466. The van der Waals surface area contributed by atoms with Gasteiger partial charge in [0.2, 0.25) is 0 Å². The maximum Gasteiger partial charge on any atom is 0.263 e. The van der Waals surface area contributed by atoms with Crippen LogP contribution in [0.5, 0.6) is 5.75 Å². The number of likely N-dealkylation sites (N-methyl/N-ethyl adjacent to an activating group) is 1. The van der Waals surface area contributed by atoms with Crippen LogP contribution in [0.2, 0.25) is 5.02 Å². The predicted molar refractivity (Wildman–Crippen MR) is 76.6 cm³/mol. The van der Waals surface area contributed by atoms with E-state index in [0.717, 1.165) is 12.8 Å². The SMILES string of the molecule is C[C@@H](Oc1ccc(Cl)cc1)C(=O)N(C)C1CCCC1. The van der Waals surface area contributed by atoms with Crippen LogP contribution in [0.25, 0.3) is 0 Å². The Bertz CT molecular complexity index is 426. The smallest absolute Gasteiger partial charge is 0.263 e. The van der Waals surface area contributed by atoms with Gasteiger partial charge in [-0.25, -0.2) is 0 Å². The number of ether oxygens (including phenoxy) is 1. The van der Waals surface area contributed by atoms with Gasteiger partial charge in [0.15, 0.2) is 6.10 Å². The Labute approximate surface area is 119 Å². The van der Waals surface area contributed by atoms with Crippen molar-refractivity contribution in [1.29, 1.82) is 0 Å². The molecule has 104 valence electrons. The zero-order valence-corrected chi connectivity index (χ0v) is 12.2. The third kappa shape index (κ3) is 3.63. The van der Waals surface area contributed by atoms with E-state index in [0.29, 0.717) is 16.8 Å². The maximum atomic E-state index is 12.3. The fourth-order valence-corrected chi connectivity index (χ4v) is 2.65. The molecule has 1 amide bonds. The lowest BCUT2D eigenvalue weighted by Crippen LogP contribution is -2.42. The van der Waals surface area contributed by atoms with Crippen LogP contribution in [0.15, 0.2) is 24.3 Å². The fraction of sp³-hybridized carbons (Fsp3) is 0.533. The number of halogens is 1. The third-order valence-electron chi connectivity index (χ3n) is 3.69. The van der Waals surface area contributed by atoms with Gasteiger partial charge in [-0.15, -0.1) is 0 Å². The number of carbonyl (C=O) groups is 1. The highest BCUT2D eigenvalue weighted by Gasteiger charge is 2.27. The molecule has 0 saturated heterocycles. The Balaban J connectivity index is 1.93. The van der Waals surface area contributed by atoms with E-state index in [4.69, 9.17) is 16.3 Å². The average molecular weight is 282 g/mol. The van der Waals surface area contributed by atoms with E-state index in [1.807, 2.05) is 11.9 Å². The van der Waals surface area contributed by atoms with Crippen molar-refractivity contribution in [2.45, 2.75) is 44.8 Å². The molecule has 1 aliphatic rings. The van der Waals surface area contributed by atoms with Gasteiger partial charge in [-0.3, -0.25) is 4.79 Å². The van der Waals surface area contributed by atoms with Gasteiger partial charge in [0, 0.05) is 18.1 Å². The summed E-state index contributed by atoms with van der Waals surface area (Å²) in [4.78, 5) is 14.1. The molecule has 4 heteroatoms. The van der Waals surface area contributed by atoms with Gasteiger partial charge < -0.3 is 9.64 Å². The Kier molecular flexibility index (Phi) is 4.70. The van der Waals surface area contributed by atoms with Crippen LogP contribution in [0.3, 0.4) is 0 Å². The Morgan fingerprint density at radius 1 is 1.32 bits per heavy atom. The Hall–Kier alpha value is -1.22. The van der Waals surface area contributed by atoms with Crippen molar-refractivity contribution in [1.82, 2.24) is 4.90 Å². The number of carbonyl (C=O) groups excluding carboxylic acids is 1. The van der Waals surface area contributed by atoms with Crippen molar-refractivity contribution in [3.05, 3.63) is 29.3 Å².